The molecule has 4 nitrogen and oxygen atoms in total. The molecule has 0 bridgehead atoms. The quantitative estimate of drug-likeness (QED) is 0.695. The van der Waals surface area contributed by atoms with E-state index in [2.05, 4.69) is 0 Å². The van der Waals surface area contributed by atoms with Crippen molar-refractivity contribution in [3.8, 4) is 16.9 Å². The van der Waals surface area contributed by atoms with Gasteiger partial charge in [0.05, 0.1) is 17.6 Å². The van der Waals surface area contributed by atoms with Crippen molar-refractivity contribution < 1.29 is 13.9 Å². The zero-order valence-corrected chi connectivity index (χ0v) is 12.8. The summed E-state index contributed by atoms with van der Waals surface area (Å²) in [5.74, 6) is 5.96. The van der Waals surface area contributed by atoms with Crippen LogP contribution in [0.4, 0.5) is 0 Å². The van der Waals surface area contributed by atoms with Crippen LogP contribution in [0.3, 0.4) is 0 Å². The monoisotopic (exact) mass is 303 g/mol. The number of hydrogen-bond donors (Lipinski definition) is 1. The second-order valence-corrected chi connectivity index (χ2v) is 7.50. The van der Waals surface area contributed by atoms with Gasteiger partial charge in [-0.15, -0.1) is 0 Å². The zero-order valence-electron chi connectivity index (χ0n) is 11.9. The lowest BCUT2D eigenvalue weighted by atomic mass is 10.0. The Labute approximate surface area is 124 Å². The Morgan fingerprint density at radius 2 is 1.81 bits per heavy atom. The van der Waals surface area contributed by atoms with E-state index >= 15 is 0 Å². The fraction of sp³-hybridized carbons (Fsp3) is 0.250. The maximum atomic E-state index is 13.4. The van der Waals surface area contributed by atoms with Crippen LogP contribution in [-0.2, 0) is 9.40 Å². The molecule has 2 N–H and O–H groups in total. The van der Waals surface area contributed by atoms with Gasteiger partial charge in [0, 0.05) is 5.56 Å². The van der Waals surface area contributed by atoms with Crippen molar-refractivity contribution in [2.45, 2.75) is 19.4 Å². The molecule has 0 saturated heterocycles. The first-order valence-corrected chi connectivity index (χ1v) is 8.82. The summed E-state index contributed by atoms with van der Waals surface area (Å²) in [4.78, 5) is 4.92. The molecule has 110 valence electrons. The lowest BCUT2D eigenvalue weighted by molar-refractivity contribution is 0.0652. The highest BCUT2D eigenvalue weighted by Crippen LogP contribution is 2.55. The molecule has 1 aliphatic heterocycles. The summed E-state index contributed by atoms with van der Waals surface area (Å²) in [6, 6.07) is 15.3. The minimum atomic E-state index is -3.03. The smallest absolute Gasteiger partial charge is 0.280 e. The van der Waals surface area contributed by atoms with Crippen LogP contribution in [0.25, 0.3) is 11.1 Å². The second kappa shape index (κ2) is 5.64. The molecule has 21 heavy (non-hydrogen) atoms. The van der Waals surface area contributed by atoms with Crippen LogP contribution in [0, 0.1) is 0 Å². The lowest BCUT2D eigenvalue weighted by Gasteiger charge is -2.30. The molecule has 2 aromatic rings. The first kappa shape index (κ1) is 14.3. The van der Waals surface area contributed by atoms with E-state index in [0.29, 0.717) is 12.2 Å². The second-order valence-electron chi connectivity index (χ2n) is 5.13. The van der Waals surface area contributed by atoms with Crippen molar-refractivity contribution in [2.24, 2.45) is 5.90 Å². The molecular formula is C16H18NO3P. The molecule has 1 heterocycles. The molecule has 5 heteroatoms. The average Bonchev–Trinajstić information content (AvgIpc) is 2.53. The van der Waals surface area contributed by atoms with E-state index in [0.717, 1.165) is 16.4 Å². The number of para-hydroxylation sites is 1. The van der Waals surface area contributed by atoms with Gasteiger partial charge in [-0.2, -0.15) is 0 Å². The van der Waals surface area contributed by atoms with Crippen LogP contribution < -0.4 is 15.7 Å². The molecule has 3 rings (SSSR count). The van der Waals surface area contributed by atoms with Crippen LogP contribution in [0.2, 0.25) is 0 Å². The number of rotatable bonds is 4. The van der Waals surface area contributed by atoms with Gasteiger partial charge in [0.15, 0.2) is 0 Å². The molecule has 0 spiro atoms. The van der Waals surface area contributed by atoms with Crippen molar-refractivity contribution in [2.75, 3.05) is 6.16 Å². The van der Waals surface area contributed by atoms with Crippen molar-refractivity contribution >= 4 is 12.7 Å². The van der Waals surface area contributed by atoms with Crippen molar-refractivity contribution in [3.05, 3.63) is 48.5 Å². The van der Waals surface area contributed by atoms with Gasteiger partial charge in [-0.3, -0.25) is 4.57 Å². The van der Waals surface area contributed by atoms with E-state index in [1.807, 2.05) is 55.5 Å². The Balaban J connectivity index is 2.11. The van der Waals surface area contributed by atoms with Crippen molar-refractivity contribution in [1.82, 2.24) is 0 Å². The minimum absolute atomic E-state index is 0.283. The molecule has 2 atom stereocenters. The van der Waals surface area contributed by atoms with Crippen LogP contribution >= 0.6 is 7.37 Å². The topological polar surface area (TPSA) is 61.5 Å². The molecule has 0 aromatic heterocycles. The van der Waals surface area contributed by atoms with Crippen LogP contribution in [0.1, 0.15) is 13.3 Å². The summed E-state index contributed by atoms with van der Waals surface area (Å²) in [6.07, 6.45) is 0.688. The number of benzene rings is 2. The SMILES string of the molecule is CCC(CP1(=O)Oc2ccccc2-c2ccccc21)ON. The van der Waals surface area contributed by atoms with Gasteiger partial charge in [0.25, 0.3) is 7.37 Å². The van der Waals surface area contributed by atoms with Crippen LogP contribution in [0.15, 0.2) is 48.5 Å². The lowest BCUT2D eigenvalue weighted by Crippen LogP contribution is -2.28. The van der Waals surface area contributed by atoms with E-state index < -0.39 is 7.37 Å². The summed E-state index contributed by atoms with van der Waals surface area (Å²) in [5.41, 5.74) is 1.94. The third-order valence-corrected chi connectivity index (χ3v) is 6.29. The fourth-order valence-corrected chi connectivity index (χ4v) is 5.25. The summed E-state index contributed by atoms with van der Waals surface area (Å²) in [7, 11) is -3.03. The maximum absolute atomic E-state index is 13.4. The third-order valence-electron chi connectivity index (χ3n) is 3.79. The molecule has 0 saturated carbocycles. The molecule has 2 aromatic carbocycles. The fourth-order valence-electron chi connectivity index (χ4n) is 2.65. The Bertz CT molecular complexity index is 697. The molecule has 0 fully saturated rings. The maximum Gasteiger partial charge on any atom is 0.280 e. The van der Waals surface area contributed by atoms with Crippen molar-refractivity contribution in [3.63, 3.8) is 0 Å². The first-order valence-electron chi connectivity index (χ1n) is 7.01. The van der Waals surface area contributed by atoms with Gasteiger partial charge in [0.1, 0.15) is 5.75 Å². The number of hydrogen-bond acceptors (Lipinski definition) is 4. The molecule has 1 aliphatic rings. The van der Waals surface area contributed by atoms with Crippen LogP contribution in [-0.4, -0.2) is 12.3 Å². The minimum Gasteiger partial charge on any atom is -0.439 e. The summed E-state index contributed by atoms with van der Waals surface area (Å²) >= 11 is 0. The third kappa shape index (κ3) is 2.51. The molecular weight excluding hydrogens is 285 g/mol. The molecule has 0 radical (unpaired) electrons. The van der Waals surface area contributed by atoms with Gasteiger partial charge in [0.2, 0.25) is 0 Å². The summed E-state index contributed by atoms with van der Waals surface area (Å²) in [5, 5.41) is 0.749. The standard InChI is InChI=1S/C16H18NO3P/c1-2-12(19-17)11-21(18)16-10-6-4-8-14(16)13-7-3-5-9-15(13)20-21/h3-10,12H,2,11,17H2,1H3. The molecule has 0 amide bonds. The van der Waals surface area contributed by atoms with Gasteiger partial charge < -0.3 is 9.36 Å². The Hall–Kier alpha value is -1.61. The van der Waals surface area contributed by atoms with Gasteiger partial charge in [-0.05, 0) is 24.1 Å². The average molecular weight is 303 g/mol. The zero-order chi connectivity index (χ0) is 14.9. The van der Waals surface area contributed by atoms with E-state index in [1.165, 1.54) is 0 Å². The summed E-state index contributed by atoms with van der Waals surface area (Å²) in [6.45, 7) is 1.95. The largest absolute Gasteiger partial charge is 0.439 e. The van der Waals surface area contributed by atoms with Gasteiger partial charge in [-0.25, -0.2) is 5.90 Å². The number of fused-ring (bicyclic) bond motifs is 3. The molecule has 2 unspecified atom stereocenters. The summed E-state index contributed by atoms with van der Waals surface area (Å²) < 4.78 is 19.3. The first-order chi connectivity index (χ1) is 10.2. The highest BCUT2D eigenvalue weighted by Gasteiger charge is 2.37. The normalized spacial score (nSPS) is 21.0. The highest BCUT2D eigenvalue weighted by atomic mass is 31.2. The van der Waals surface area contributed by atoms with E-state index in [-0.39, 0.29) is 12.3 Å². The Kier molecular flexibility index (Phi) is 3.85. The predicted molar refractivity (Wildman–Crippen MR) is 84.0 cm³/mol. The van der Waals surface area contributed by atoms with E-state index in [4.69, 9.17) is 15.3 Å². The van der Waals surface area contributed by atoms with Crippen molar-refractivity contribution in [1.29, 1.82) is 0 Å². The van der Waals surface area contributed by atoms with Gasteiger partial charge in [-0.1, -0.05) is 43.3 Å². The number of nitrogens with two attached hydrogens (primary N) is 1. The van der Waals surface area contributed by atoms with E-state index in [9.17, 15) is 4.57 Å². The van der Waals surface area contributed by atoms with Crippen LogP contribution in [0.5, 0.6) is 5.75 Å². The highest BCUT2D eigenvalue weighted by molar-refractivity contribution is 7.67. The molecule has 0 aliphatic carbocycles. The van der Waals surface area contributed by atoms with E-state index in [1.54, 1.807) is 0 Å². The Morgan fingerprint density at radius 1 is 1.14 bits per heavy atom. The predicted octanol–water partition coefficient (Wildman–Crippen LogP) is 3.32. The Morgan fingerprint density at radius 3 is 2.52 bits per heavy atom. The van der Waals surface area contributed by atoms with Gasteiger partial charge >= 0.3 is 0 Å².